The van der Waals surface area contributed by atoms with Crippen LogP contribution in [0.2, 0.25) is 0 Å². The fourth-order valence-electron chi connectivity index (χ4n) is 2.18. The first-order valence-electron chi connectivity index (χ1n) is 6.48. The maximum atomic E-state index is 12.1. The summed E-state index contributed by atoms with van der Waals surface area (Å²) in [4.78, 5) is 29.7. The molecule has 21 heavy (non-hydrogen) atoms. The highest BCUT2D eigenvalue weighted by molar-refractivity contribution is 14.1. The van der Waals surface area contributed by atoms with Gasteiger partial charge < -0.3 is 0 Å². The fourth-order valence-corrected chi connectivity index (χ4v) is 2.76. The standard InChI is InChI=1S/C16H12INO3/c17-14(11-6-2-1-3-7-11)10-21-18-15(19)12-8-4-5-9-13(12)16(18)20/h1-9,14H,10H2/t14-/m0/s1. The van der Waals surface area contributed by atoms with Crippen LogP contribution in [0.4, 0.5) is 0 Å². The van der Waals surface area contributed by atoms with Gasteiger partial charge in [-0.2, -0.15) is 0 Å². The molecular formula is C16H12INO3. The molecule has 5 heteroatoms. The number of hydrogen-bond donors (Lipinski definition) is 0. The molecule has 1 heterocycles. The van der Waals surface area contributed by atoms with Crippen LogP contribution in [0, 0.1) is 0 Å². The molecule has 0 saturated carbocycles. The van der Waals surface area contributed by atoms with Crippen molar-refractivity contribution in [1.82, 2.24) is 5.06 Å². The first-order chi connectivity index (χ1) is 10.2. The fraction of sp³-hybridized carbons (Fsp3) is 0.125. The van der Waals surface area contributed by atoms with E-state index < -0.39 is 11.8 Å². The van der Waals surface area contributed by atoms with Gasteiger partial charge in [-0.1, -0.05) is 65.1 Å². The highest BCUT2D eigenvalue weighted by Gasteiger charge is 2.36. The van der Waals surface area contributed by atoms with Crippen LogP contribution >= 0.6 is 22.6 Å². The lowest BCUT2D eigenvalue weighted by atomic mass is 10.1. The van der Waals surface area contributed by atoms with Gasteiger partial charge >= 0.3 is 0 Å². The number of halogens is 1. The molecule has 0 saturated heterocycles. The van der Waals surface area contributed by atoms with Gasteiger partial charge in [-0.3, -0.25) is 14.4 Å². The lowest BCUT2D eigenvalue weighted by molar-refractivity contribution is -0.0898. The monoisotopic (exact) mass is 393 g/mol. The molecular weight excluding hydrogens is 381 g/mol. The van der Waals surface area contributed by atoms with E-state index >= 15 is 0 Å². The zero-order chi connectivity index (χ0) is 14.8. The summed E-state index contributed by atoms with van der Waals surface area (Å²) in [5.74, 6) is -0.792. The lowest BCUT2D eigenvalue weighted by Gasteiger charge is -2.16. The van der Waals surface area contributed by atoms with Crippen molar-refractivity contribution in [1.29, 1.82) is 0 Å². The molecule has 2 amide bonds. The average molecular weight is 393 g/mol. The summed E-state index contributed by atoms with van der Waals surface area (Å²) < 4.78 is 0.0631. The van der Waals surface area contributed by atoms with Crippen LogP contribution < -0.4 is 0 Å². The van der Waals surface area contributed by atoms with Crippen LogP contribution in [0.1, 0.15) is 30.2 Å². The van der Waals surface area contributed by atoms with Crippen LogP contribution in [0.25, 0.3) is 0 Å². The number of carbonyl (C=O) groups excluding carboxylic acids is 2. The zero-order valence-corrected chi connectivity index (χ0v) is 13.2. The zero-order valence-electron chi connectivity index (χ0n) is 11.0. The largest absolute Gasteiger partial charge is 0.285 e. The molecule has 106 valence electrons. The molecule has 1 aliphatic rings. The molecule has 3 rings (SSSR count). The van der Waals surface area contributed by atoms with E-state index in [0.717, 1.165) is 10.6 Å². The summed E-state index contributed by atoms with van der Waals surface area (Å²) in [5, 5.41) is 0.860. The molecule has 2 aromatic carbocycles. The Morgan fingerprint density at radius 3 is 2.00 bits per heavy atom. The van der Waals surface area contributed by atoms with Gasteiger partial charge in [0.05, 0.1) is 21.7 Å². The number of alkyl halides is 1. The second-order valence-electron chi connectivity index (χ2n) is 4.62. The normalized spacial score (nSPS) is 15.2. The van der Waals surface area contributed by atoms with E-state index in [4.69, 9.17) is 4.84 Å². The van der Waals surface area contributed by atoms with Gasteiger partial charge in [-0.25, -0.2) is 0 Å². The highest BCUT2D eigenvalue weighted by Crippen LogP contribution is 2.27. The average Bonchev–Trinajstić information content (AvgIpc) is 2.78. The molecule has 0 bridgehead atoms. The minimum Gasteiger partial charge on any atom is -0.266 e. The third-order valence-corrected chi connectivity index (χ3v) is 4.35. The number of nitrogens with zero attached hydrogens (tertiary/aromatic N) is 1. The molecule has 0 aromatic heterocycles. The molecule has 0 aliphatic carbocycles. The Bertz CT molecular complexity index is 652. The van der Waals surface area contributed by atoms with Gasteiger partial charge in [-0.15, -0.1) is 5.06 Å². The number of hydroxylamine groups is 2. The van der Waals surface area contributed by atoms with Crippen LogP contribution in [0.15, 0.2) is 54.6 Å². The smallest absolute Gasteiger partial charge is 0.266 e. The van der Waals surface area contributed by atoms with Crippen molar-refractivity contribution < 1.29 is 14.4 Å². The van der Waals surface area contributed by atoms with E-state index in [-0.39, 0.29) is 10.5 Å². The van der Waals surface area contributed by atoms with Gasteiger partial charge in [-0.05, 0) is 17.7 Å². The second kappa shape index (κ2) is 5.95. The first kappa shape index (κ1) is 14.2. The SMILES string of the molecule is O=C1c2ccccc2C(=O)N1OC[C@H](I)c1ccccc1. The first-order valence-corrected chi connectivity index (χ1v) is 7.73. The quantitative estimate of drug-likeness (QED) is 0.455. The summed E-state index contributed by atoms with van der Waals surface area (Å²) in [6, 6.07) is 16.6. The van der Waals surface area contributed by atoms with Crippen molar-refractivity contribution in [3.63, 3.8) is 0 Å². The van der Waals surface area contributed by atoms with Gasteiger partial charge in [0, 0.05) is 0 Å². The van der Waals surface area contributed by atoms with Crippen molar-refractivity contribution in [2.45, 2.75) is 3.92 Å². The van der Waals surface area contributed by atoms with Crippen molar-refractivity contribution in [2.75, 3.05) is 6.61 Å². The summed E-state index contributed by atoms with van der Waals surface area (Å²) >= 11 is 2.23. The number of hydrogen-bond acceptors (Lipinski definition) is 3. The van der Waals surface area contributed by atoms with E-state index in [1.165, 1.54) is 0 Å². The van der Waals surface area contributed by atoms with E-state index in [2.05, 4.69) is 22.6 Å². The van der Waals surface area contributed by atoms with Crippen molar-refractivity contribution in [3.8, 4) is 0 Å². The molecule has 2 aromatic rings. The molecule has 0 fully saturated rings. The van der Waals surface area contributed by atoms with Crippen LogP contribution in [-0.4, -0.2) is 23.5 Å². The molecule has 0 unspecified atom stereocenters. The third kappa shape index (κ3) is 2.71. The molecule has 1 aliphatic heterocycles. The number of fused-ring (bicyclic) bond motifs is 1. The van der Waals surface area contributed by atoms with Crippen molar-refractivity contribution >= 4 is 34.4 Å². The second-order valence-corrected chi connectivity index (χ2v) is 6.13. The Morgan fingerprint density at radius 2 is 1.43 bits per heavy atom. The van der Waals surface area contributed by atoms with Gasteiger partial charge in [0.1, 0.15) is 0 Å². The number of amides is 2. The number of carbonyl (C=O) groups is 2. The van der Waals surface area contributed by atoms with Crippen molar-refractivity contribution in [3.05, 3.63) is 71.3 Å². The number of rotatable bonds is 4. The Labute approximate surface area is 135 Å². The van der Waals surface area contributed by atoms with Crippen LogP contribution in [0.3, 0.4) is 0 Å². The third-order valence-electron chi connectivity index (χ3n) is 3.27. The van der Waals surface area contributed by atoms with Gasteiger partial charge in [0.25, 0.3) is 11.8 Å². The van der Waals surface area contributed by atoms with E-state index in [0.29, 0.717) is 11.1 Å². The van der Waals surface area contributed by atoms with E-state index in [9.17, 15) is 9.59 Å². The Morgan fingerprint density at radius 1 is 0.905 bits per heavy atom. The molecule has 0 radical (unpaired) electrons. The maximum Gasteiger partial charge on any atom is 0.285 e. The maximum absolute atomic E-state index is 12.1. The summed E-state index contributed by atoms with van der Waals surface area (Å²) in [6.07, 6.45) is 0. The highest BCUT2D eigenvalue weighted by atomic mass is 127. The Hall–Kier alpha value is -1.73. The van der Waals surface area contributed by atoms with E-state index in [1.807, 2.05) is 30.3 Å². The van der Waals surface area contributed by atoms with Crippen LogP contribution in [0.5, 0.6) is 0 Å². The topological polar surface area (TPSA) is 46.6 Å². The molecule has 0 N–H and O–H groups in total. The lowest BCUT2D eigenvalue weighted by Crippen LogP contribution is -2.31. The predicted octanol–water partition coefficient (Wildman–Crippen LogP) is 3.39. The Balaban J connectivity index is 1.70. The predicted molar refractivity (Wildman–Crippen MR) is 86.1 cm³/mol. The van der Waals surface area contributed by atoms with Gasteiger partial charge in [0.2, 0.25) is 0 Å². The van der Waals surface area contributed by atoms with Crippen molar-refractivity contribution in [2.24, 2.45) is 0 Å². The summed E-state index contributed by atoms with van der Waals surface area (Å²) in [7, 11) is 0. The molecule has 0 spiro atoms. The van der Waals surface area contributed by atoms with Crippen LogP contribution in [-0.2, 0) is 4.84 Å². The van der Waals surface area contributed by atoms with Gasteiger partial charge in [0.15, 0.2) is 0 Å². The minimum atomic E-state index is -0.396. The van der Waals surface area contributed by atoms with E-state index in [1.54, 1.807) is 24.3 Å². The summed E-state index contributed by atoms with van der Waals surface area (Å²) in [6.45, 7) is 0.260. The Kier molecular flexibility index (Phi) is 4.03. The number of imide groups is 1. The number of benzene rings is 2. The molecule has 1 atom stereocenters. The summed E-state index contributed by atoms with van der Waals surface area (Å²) in [5.41, 5.74) is 1.88. The molecule has 4 nitrogen and oxygen atoms in total. The minimum absolute atomic E-state index is 0.0631.